The first-order valence-corrected chi connectivity index (χ1v) is 2.87. The summed E-state index contributed by atoms with van der Waals surface area (Å²) in [5, 5.41) is 8.31. The second-order valence-corrected chi connectivity index (χ2v) is 1.82. The van der Waals surface area contributed by atoms with E-state index < -0.39 is 5.82 Å². The highest BCUT2D eigenvalue weighted by Crippen LogP contribution is 2.10. The van der Waals surface area contributed by atoms with Crippen molar-refractivity contribution < 1.29 is 9.13 Å². The molecule has 4 heteroatoms. The van der Waals surface area contributed by atoms with Gasteiger partial charge < -0.3 is 4.74 Å². The summed E-state index contributed by atoms with van der Waals surface area (Å²) in [6.07, 6.45) is 1.13. The topological polar surface area (TPSA) is 45.9 Å². The molecular formula is C7H5FN2O. The van der Waals surface area contributed by atoms with Gasteiger partial charge in [0.25, 0.3) is 0 Å². The Balaban J connectivity index is 3.12. The molecule has 0 aromatic carbocycles. The van der Waals surface area contributed by atoms with Crippen LogP contribution in [0.2, 0.25) is 0 Å². The lowest BCUT2D eigenvalue weighted by Gasteiger charge is -1.97. The van der Waals surface area contributed by atoms with Crippen molar-refractivity contribution in [2.75, 3.05) is 7.11 Å². The molecule has 0 aliphatic carbocycles. The molecule has 0 radical (unpaired) electrons. The molecule has 0 amide bonds. The molecule has 0 spiro atoms. The molecule has 1 aromatic rings. The molecule has 0 bridgehead atoms. The third kappa shape index (κ3) is 1.44. The number of halogens is 1. The Bertz CT molecular complexity index is 306. The van der Waals surface area contributed by atoms with Gasteiger partial charge in [0.1, 0.15) is 17.4 Å². The van der Waals surface area contributed by atoms with Crippen molar-refractivity contribution in [3.05, 3.63) is 23.6 Å². The van der Waals surface area contributed by atoms with Gasteiger partial charge in [-0.25, -0.2) is 9.37 Å². The maximum Gasteiger partial charge on any atom is 0.215 e. The van der Waals surface area contributed by atoms with Crippen LogP contribution in [0.4, 0.5) is 4.39 Å². The summed E-state index contributed by atoms with van der Waals surface area (Å²) in [4.78, 5) is 3.64. The molecule has 1 rings (SSSR count). The number of pyridine rings is 1. The van der Waals surface area contributed by atoms with Crippen LogP contribution in [0, 0.1) is 17.1 Å². The van der Waals surface area contributed by atoms with Gasteiger partial charge in [-0.15, -0.1) is 0 Å². The predicted octanol–water partition coefficient (Wildman–Crippen LogP) is 1.10. The van der Waals surface area contributed by atoms with E-state index in [1.165, 1.54) is 7.11 Å². The molecule has 0 aliphatic rings. The third-order valence-electron chi connectivity index (χ3n) is 1.16. The summed E-state index contributed by atoms with van der Waals surface area (Å²) >= 11 is 0. The Morgan fingerprint density at radius 2 is 2.45 bits per heavy atom. The van der Waals surface area contributed by atoms with Crippen LogP contribution < -0.4 is 4.74 Å². The monoisotopic (exact) mass is 152 g/mol. The second kappa shape index (κ2) is 2.97. The normalized spacial score (nSPS) is 8.82. The van der Waals surface area contributed by atoms with Gasteiger partial charge in [0.15, 0.2) is 0 Å². The molecule has 0 fully saturated rings. The van der Waals surface area contributed by atoms with Crippen molar-refractivity contribution in [3.63, 3.8) is 0 Å². The van der Waals surface area contributed by atoms with Gasteiger partial charge in [-0.1, -0.05) is 0 Å². The highest BCUT2D eigenvalue weighted by atomic mass is 19.1. The molecule has 0 atom stereocenters. The Morgan fingerprint density at radius 3 is 2.91 bits per heavy atom. The van der Waals surface area contributed by atoms with Gasteiger partial charge in [-0.3, -0.25) is 0 Å². The maximum atomic E-state index is 12.7. The molecule has 3 nitrogen and oxygen atoms in total. The van der Waals surface area contributed by atoms with Crippen molar-refractivity contribution in [2.45, 2.75) is 0 Å². The Kier molecular flexibility index (Phi) is 2.02. The van der Waals surface area contributed by atoms with Crippen LogP contribution in [-0.4, -0.2) is 12.1 Å². The van der Waals surface area contributed by atoms with Crippen LogP contribution in [0.15, 0.2) is 12.3 Å². The highest BCUT2D eigenvalue weighted by molar-refractivity contribution is 5.30. The molecule has 11 heavy (non-hydrogen) atoms. The first-order valence-electron chi connectivity index (χ1n) is 2.87. The standard InChI is InChI=1S/C7H5FN2O/c1-11-7-2-6(8)5(3-9)4-10-7/h2,4H,1H3. The molecule has 0 unspecified atom stereocenters. The van der Waals surface area contributed by atoms with Crippen LogP contribution in [0.25, 0.3) is 0 Å². The van der Waals surface area contributed by atoms with Gasteiger partial charge in [0.05, 0.1) is 13.3 Å². The van der Waals surface area contributed by atoms with Crippen LogP contribution in [-0.2, 0) is 0 Å². The van der Waals surface area contributed by atoms with Crippen molar-refractivity contribution in [1.82, 2.24) is 4.98 Å². The third-order valence-corrected chi connectivity index (χ3v) is 1.16. The molecule has 1 heterocycles. The smallest absolute Gasteiger partial charge is 0.215 e. The van der Waals surface area contributed by atoms with Crippen molar-refractivity contribution in [1.29, 1.82) is 5.26 Å². The van der Waals surface area contributed by atoms with Crippen LogP contribution in [0.3, 0.4) is 0 Å². The van der Waals surface area contributed by atoms with Crippen molar-refractivity contribution in [2.24, 2.45) is 0 Å². The number of hydrogen-bond acceptors (Lipinski definition) is 3. The molecule has 0 saturated heterocycles. The van der Waals surface area contributed by atoms with Crippen LogP contribution in [0.5, 0.6) is 5.88 Å². The average Bonchev–Trinajstić information content (AvgIpc) is 2.04. The zero-order valence-corrected chi connectivity index (χ0v) is 5.84. The van der Waals surface area contributed by atoms with Crippen molar-refractivity contribution >= 4 is 0 Å². The fourth-order valence-electron chi connectivity index (χ4n) is 0.607. The summed E-state index contributed by atoms with van der Waals surface area (Å²) in [5.74, 6) is -0.444. The Hall–Kier alpha value is -1.63. The van der Waals surface area contributed by atoms with Gasteiger partial charge in [0.2, 0.25) is 5.88 Å². The van der Waals surface area contributed by atoms with E-state index in [1.54, 1.807) is 6.07 Å². The molecule has 1 aromatic heterocycles. The van der Waals surface area contributed by atoms with E-state index in [0.29, 0.717) is 0 Å². The zero-order chi connectivity index (χ0) is 8.27. The van der Waals surface area contributed by atoms with E-state index >= 15 is 0 Å². The summed E-state index contributed by atoms with van der Waals surface area (Å²) in [5.41, 5.74) is -0.0780. The lowest BCUT2D eigenvalue weighted by molar-refractivity contribution is 0.394. The number of methoxy groups -OCH3 is 1. The van der Waals surface area contributed by atoms with Gasteiger partial charge >= 0.3 is 0 Å². The quantitative estimate of drug-likeness (QED) is 0.605. The van der Waals surface area contributed by atoms with Crippen molar-refractivity contribution in [3.8, 4) is 11.9 Å². The molecule has 0 aliphatic heterocycles. The lowest BCUT2D eigenvalue weighted by Crippen LogP contribution is -1.91. The van der Waals surface area contributed by atoms with Gasteiger partial charge in [0, 0.05) is 6.07 Å². The molecule has 0 saturated carbocycles. The lowest BCUT2D eigenvalue weighted by atomic mass is 10.3. The van der Waals surface area contributed by atoms with E-state index in [-0.39, 0.29) is 11.4 Å². The highest BCUT2D eigenvalue weighted by Gasteiger charge is 2.02. The number of ether oxygens (including phenoxy) is 1. The molecular weight excluding hydrogens is 147 g/mol. The second-order valence-electron chi connectivity index (χ2n) is 1.82. The minimum absolute atomic E-state index is 0.0780. The number of rotatable bonds is 1. The number of aromatic nitrogens is 1. The number of nitriles is 1. The molecule has 0 N–H and O–H groups in total. The van der Waals surface area contributed by atoms with E-state index in [4.69, 9.17) is 5.26 Å². The average molecular weight is 152 g/mol. The van der Waals surface area contributed by atoms with E-state index in [2.05, 4.69) is 9.72 Å². The maximum absolute atomic E-state index is 12.7. The fourth-order valence-corrected chi connectivity index (χ4v) is 0.607. The summed E-state index contributed by atoms with van der Waals surface area (Å²) in [6, 6.07) is 2.72. The van der Waals surface area contributed by atoms with E-state index in [9.17, 15) is 4.39 Å². The zero-order valence-electron chi connectivity index (χ0n) is 5.84. The summed E-state index contributed by atoms with van der Waals surface area (Å²) < 4.78 is 17.3. The van der Waals surface area contributed by atoms with E-state index in [0.717, 1.165) is 12.3 Å². The van der Waals surface area contributed by atoms with Crippen LogP contribution in [0.1, 0.15) is 5.56 Å². The Morgan fingerprint density at radius 1 is 1.73 bits per heavy atom. The SMILES string of the molecule is COc1cc(F)c(C#N)cn1. The fraction of sp³-hybridized carbons (Fsp3) is 0.143. The first kappa shape index (κ1) is 7.48. The predicted molar refractivity (Wildman–Crippen MR) is 35.5 cm³/mol. The van der Waals surface area contributed by atoms with Crippen LogP contribution >= 0.6 is 0 Å². The molecule has 56 valence electrons. The van der Waals surface area contributed by atoms with E-state index in [1.807, 2.05) is 0 Å². The number of hydrogen-bond donors (Lipinski definition) is 0. The summed E-state index contributed by atoms with van der Waals surface area (Å²) in [7, 11) is 1.38. The minimum atomic E-state index is -0.612. The largest absolute Gasteiger partial charge is 0.481 e. The van der Waals surface area contributed by atoms with Gasteiger partial charge in [-0.2, -0.15) is 5.26 Å². The van der Waals surface area contributed by atoms with Gasteiger partial charge in [-0.05, 0) is 0 Å². The minimum Gasteiger partial charge on any atom is -0.481 e. The number of nitrogens with zero attached hydrogens (tertiary/aromatic N) is 2. The Labute approximate surface area is 63.1 Å². The summed E-state index contributed by atoms with van der Waals surface area (Å²) in [6.45, 7) is 0. The first-order chi connectivity index (χ1) is 5.27.